The number of rotatable bonds is 6. The average molecular weight is 440 g/mol. The summed E-state index contributed by atoms with van der Waals surface area (Å²) in [4.78, 5) is 17.1. The number of hydrogen-bond acceptors (Lipinski definition) is 5. The lowest BCUT2D eigenvalue weighted by molar-refractivity contribution is 0.0948. The first-order valence-electron chi connectivity index (χ1n) is 11.4. The van der Waals surface area contributed by atoms with E-state index >= 15 is 0 Å². The van der Waals surface area contributed by atoms with Gasteiger partial charge in [0.05, 0.1) is 19.3 Å². The van der Waals surface area contributed by atoms with Crippen LogP contribution in [0.4, 0.5) is 0 Å². The minimum Gasteiger partial charge on any atom is -0.381 e. The summed E-state index contributed by atoms with van der Waals surface area (Å²) in [6, 6.07) is 15.8. The molecule has 2 fully saturated rings. The van der Waals surface area contributed by atoms with Crippen molar-refractivity contribution in [2.45, 2.75) is 19.4 Å². The summed E-state index contributed by atoms with van der Waals surface area (Å²) < 4.78 is 7.34. The molecule has 6 rings (SSSR count). The molecule has 1 saturated heterocycles. The molecule has 0 radical (unpaired) electrons. The largest absolute Gasteiger partial charge is 0.381 e. The highest BCUT2D eigenvalue weighted by Gasteiger charge is 2.55. The topological polar surface area (TPSA) is 81.9 Å². The van der Waals surface area contributed by atoms with Crippen molar-refractivity contribution >= 4 is 16.7 Å². The quantitative estimate of drug-likeness (QED) is 0.495. The maximum Gasteiger partial charge on any atom is 0.251 e. The summed E-state index contributed by atoms with van der Waals surface area (Å²) in [6.45, 7) is 2.88. The molecule has 1 saturated carbocycles. The van der Waals surface area contributed by atoms with E-state index in [2.05, 4.69) is 26.7 Å². The summed E-state index contributed by atoms with van der Waals surface area (Å²) in [5, 5.41) is 14.0. The number of benzene rings is 2. The van der Waals surface area contributed by atoms with Crippen LogP contribution in [0.15, 0.2) is 67.1 Å². The van der Waals surface area contributed by atoms with Crippen molar-refractivity contribution in [3.05, 3.63) is 78.2 Å². The third-order valence-electron chi connectivity index (χ3n) is 7.07. The number of hydrogen-bond donors (Lipinski definition) is 1. The first-order chi connectivity index (χ1) is 16.2. The number of ether oxygens (including phenoxy) is 1. The fourth-order valence-electron chi connectivity index (χ4n) is 4.94. The second-order valence-corrected chi connectivity index (χ2v) is 9.17. The Morgan fingerprint density at radius 2 is 2.12 bits per heavy atom. The Morgan fingerprint density at radius 3 is 3.03 bits per heavy atom. The van der Waals surface area contributed by atoms with Gasteiger partial charge in [0.1, 0.15) is 5.69 Å². The van der Waals surface area contributed by atoms with Gasteiger partial charge in [-0.1, -0.05) is 35.5 Å². The van der Waals surface area contributed by atoms with Crippen LogP contribution in [-0.2, 0) is 11.3 Å². The van der Waals surface area contributed by atoms with Gasteiger partial charge in [0.15, 0.2) is 0 Å². The van der Waals surface area contributed by atoms with E-state index < -0.39 is 0 Å². The van der Waals surface area contributed by atoms with E-state index in [1.54, 1.807) is 10.9 Å². The van der Waals surface area contributed by atoms with Gasteiger partial charge in [-0.2, -0.15) is 0 Å². The molecule has 7 nitrogen and oxygen atoms in total. The molecule has 2 atom stereocenters. The predicted molar refractivity (Wildman–Crippen MR) is 125 cm³/mol. The third-order valence-corrected chi connectivity index (χ3v) is 7.07. The van der Waals surface area contributed by atoms with E-state index in [0.717, 1.165) is 53.6 Å². The Labute approximate surface area is 191 Å². The van der Waals surface area contributed by atoms with Gasteiger partial charge in [-0.25, -0.2) is 4.68 Å². The van der Waals surface area contributed by atoms with Crippen LogP contribution in [0, 0.1) is 11.3 Å². The van der Waals surface area contributed by atoms with Crippen LogP contribution >= 0.6 is 0 Å². The van der Waals surface area contributed by atoms with Gasteiger partial charge in [-0.3, -0.25) is 9.78 Å². The van der Waals surface area contributed by atoms with E-state index in [4.69, 9.17) is 4.74 Å². The molecule has 1 amide bonds. The molecule has 3 heterocycles. The monoisotopic (exact) mass is 439 g/mol. The molecule has 2 aliphatic rings. The van der Waals surface area contributed by atoms with Crippen LogP contribution < -0.4 is 5.32 Å². The van der Waals surface area contributed by atoms with Crippen molar-refractivity contribution in [3.8, 4) is 11.3 Å². The van der Waals surface area contributed by atoms with Crippen molar-refractivity contribution in [2.75, 3.05) is 19.8 Å². The van der Waals surface area contributed by atoms with Crippen molar-refractivity contribution < 1.29 is 9.53 Å². The van der Waals surface area contributed by atoms with Crippen LogP contribution in [-0.4, -0.2) is 45.6 Å². The van der Waals surface area contributed by atoms with Crippen molar-refractivity contribution in [1.29, 1.82) is 0 Å². The number of carbonyl (C=O) groups excluding carboxylic acids is 1. The average Bonchev–Trinajstić information content (AvgIpc) is 3.16. The SMILES string of the molecule is O=C(NCC1CC12CCOC2)c1ccccc1Cn1cc(-c2ccc3cnccc3c2)nn1. The van der Waals surface area contributed by atoms with Crippen molar-refractivity contribution in [2.24, 2.45) is 11.3 Å². The minimum absolute atomic E-state index is 0.0324. The Balaban J connectivity index is 1.16. The van der Waals surface area contributed by atoms with Crippen LogP contribution in [0.25, 0.3) is 22.0 Å². The number of pyridine rings is 1. The Morgan fingerprint density at radius 1 is 1.18 bits per heavy atom. The molecule has 7 heteroatoms. The first kappa shape index (κ1) is 20.1. The standard InChI is InChI=1S/C26H25N5O2/c32-25(28-14-22-12-26(22)8-10-33-17-26)23-4-2-1-3-21(23)15-31-16-24(29-30-31)19-5-6-20-13-27-9-7-18(20)11-19/h1-7,9,11,13,16,22H,8,10,12,14-15,17H2,(H,28,32). The van der Waals surface area contributed by atoms with Crippen LogP contribution in [0.2, 0.25) is 0 Å². The van der Waals surface area contributed by atoms with Gasteiger partial charge < -0.3 is 10.1 Å². The van der Waals surface area contributed by atoms with E-state index in [1.807, 2.05) is 54.9 Å². The zero-order valence-corrected chi connectivity index (χ0v) is 18.3. The second-order valence-electron chi connectivity index (χ2n) is 9.17. The van der Waals surface area contributed by atoms with E-state index in [0.29, 0.717) is 30.0 Å². The smallest absolute Gasteiger partial charge is 0.251 e. The predicted octanol–water partition coefficient (Wildman–Crippen LogP) is 3.70. The molecule has 1 aliphatic heterocycles. The molecule has 166 valence electrons. The highest BCUT2D eigenvalue weighted by atomic mass is 16.5. The van der Waals surface area contributed by atoms with Crippen LogP contribution in [0.3, 0.4) is 0 Å². The molecular formula is C26H25N5O2. The summed E-state index contributed by atoms with van der Waals surface area (Å²) in [7, 11) is 0. The van der Waals surface area contributed by atoms with Gasteiger partial charge in [0.2, 0.25) is 0 Å². The molecule has 2 aromatic heterocycles. The molecule has 2 unspecified atom stereocenters. The van der Waals surface area contributed by atoms with E-state index in [9.17, 15) is 4.79 Å². The maximum atomic E-state index is 12.9. The van der Waals surface area contributed by atoms with Gasteiger partial charge in [0, 0.05) is 47.5 Å². The zero-order chi connectivity index (χ0) is 22.3. The number of fused-ring (bicyclic) bond motifs is 1. The summed E-state index contributed by atoms with van der Waals surface area (Å²) >= 11 is 0. The number of nitrogens with zero attached hydrogens (tertiary/aromatic N) is 4. The number of carbonyl (C=O) groups is 1. The lowest BCUT2D eigenvalue weighted by atomic mass is 10.0. The minimum atomic E-state index is -0.0324. The van der Waals surface area contributed by atoms with Gasteiger partial charge >= 0.3 is 0 Å². The van der Waals surface area contributed by atoms with Crippen molar-refractivity contribution in [3.63, 3.8) is 0 Å². The Bertz CT molecular complexity index is 1330. The normalized spacial score (nSPS) is 21.5. The van der Waals surface area contributed by atoms with Gasteiger partial charge in [-0.15, -0.1) is 5.10 Å². The number of aromatic nitrogens is 4. The molecule has 1 N–H and O–H groups in total. The lowest BCUT2D eigenvalue weighted by Crippen LogP contribution is -2.28. The first-order valence-corrected chi connectivity index (χ1v) is 11.4. The molecule has 1 aliphatic carbocycles. The molecule has 4 aromatic rings. The maximum absolute atomic E-state index is 12.9. The third kappa shape index (κ3) is 3.89. The van der Waals surface area contributed by atoms with Crippen LogP contribution in [0.5, 0.6) is 0 Å². The van der Waals surface area contributed by atoms with Gasteiger partial charge in [-0.05, 0) is 47.9 Å². The number of nitrogens with one attached hydrogen (secondary N) is 1. The van der Waals surface area contributed by atoms with Crippen molar-refractivity contribution in [1.82, 2.24) is 25.3 Å². The molecular weight excluding hydrogens is 414 g/mol. The summed E-state index contributed by atoms with van der Waals surface area (Å²) in [5.41, 5.74) is 3.73. The molecule has 0 bridgehead atoms. The molecule has 1 spiro atoms. The molecule has 2 aromatic carbocycles. The Kier molecular flexibility index (Phi) is 4.91. The number of amides is 1. The zero-order valence-electron chi connectivity index (χ0n) is 18.3. The lowest BCUT2D eigenvalue weighted by Gasteiger charge is -2.11. The molecule has 33 heavy (non-hydrogen) atoms. The fraction of sp³-hybridized carbons (Fsp3) is 0.308. The summed E-state index contributed by atoms with van der Waals surface area (Å²) in [6.07, 6.45) is 7.83. The highest BCUT2D eigenvalue weighted by Crippen LogP contribution is 2.57. The highest BCUT2D eigenvalue weighted by molar-refractivity contribution is 5.95. The second kappa shape index (κ2) is 8.08. The van der Waals surface area contributed by atoms with E-state index in [-0.39, 0.29) is 5.91 Å². The Hall–Kier alpha value is -3.58. The fourth-order valence-corrected chi connectivity index (χ4v) is 4.94. The van der Waals surface area contributed by atoms with Gasteiger partial charge in [0.25, 0.3) is 5.91 Å². The van der Waals surface area contributed by atoms with E-state index in [1.165, 1.54) is 0 Å². The summed E-state index contributed by atoms with van der Waals surface area (Å²) in [5.74, 6) is 0.502. The van der Waals surface area contributed by atoms with Crippen LogP contribution in [0.1, 0.15) is 28.8 Å².